The number of carbonyl (C=O) groups excluding carboxylic acids is 2. The highest BCUT2D eigenvalue weighted by Crippen LogP contribution is 2.14. The summed E-state index contributed by atoms with van der Waals surface area (Å²) in [4.78, 5) is 21.8. The average molecular weight is 157 g/mol. The van der Waals surface area contributed by atoms with Crippen molar-refractivity contribution in [1.29, 1.82) is 0 Å². The number of methoxy groups -OCH3 is 1. The fourth-order valence-electron chi connectivity index (χ4n) is 1.13. The predicted molar refractivity (Wildman–Crippen MR) is 37.7 cm³/mol. The second kappa shape index (κ2) is 2.90. The summed E-state index contributed by atoms with van der Waals surface area (Å²) >= 11 is 0. The van der Waals surface area contributed by atoms with E-state index in [1.165, 1.54) is 7.11 Å². The Morgan fingerprint density at radius 2 is 2.36 bits per heavy atom. The number of ether oxygens (including phenoxy) is 1. The number of hydrogen-bond acceptors (Lipinski definition) is 3. The fraction of sp³-hybridized carbons (Fsp3) is 0.714. The zero-order chi connectivity index (χ0) is 8.43. The van der Waals surface area contributed by atoms with Crippen molar-refractivity contribution in [3.63, 3.8) is 0 Å². The minimum atomic E-state index is -0.428. The van der Waals surface area contributed by atoms with Crippen LogP contribution in [-0.2, 0) is 14.3 Å². The maximum Gasteiger partial charge on any atom is 0.328 e. The van der Waals surface area contributed by atoms with Crippen LogP contribution in [-0.4, -0.2) is 25.0 Å². The largest absolute Gasteiger partial charge is 0.467 e. The first-order valence-electron chi connectivity index (χ1n) is 3.53. The van der Waals surface area contributed by atoms with E-state index in [4.69, 9.17) is 0 Å². The lowest BCUT2D eigenvalue weighted by Gasteiger charge is -2.05. The molecular formula is C7H11NO3. The van der Waals surface area contributed by atoms with Crippen molar-refractivity contribution < 1.29 is 14.3 Å². The van der Waals surface area contributed by atoms with Crippen LogP contribution in [0.4, 0.5) is 0 Å². The van der Waals surface area contributed by atoms with E-state index >= 15 is 0 Å². The van der Waals surface area contributed by atoms with Crippen molar-refractivity contribution in [3.05, 3.63) is 0 Å². The molecule has 0 aromatic heterocycles. The van der Waals surface area contributed by atoms with Crippen molar-refractivity contribution in [2.75, 3.05) is 7.11 Å². The van der Waals surface area contributed by atoms with Gasteiger partial charge in [0.15, 0.2) is 0 Å². The normalized spacial score (nSPS) is 29.8. The molecule has 4 nitrogen and oxygen atoms in total. The van der Waals surface area contributed by atoms with Crippen LogP contribution in [0.5, 0.6) is 0 Å². The van der Waals surface area contributed by atoms with E-state index in [0.717, 1.165) is 0 Å². The van der Waals surface area contributed by atoms with Crippen molar-refractivity contribution in [3.8, 4) is 0 Å². The summed E-state index contributed by atoms with van der Waals surface area (Å²) in [6, 6.07) is -0.428. The van der Waals surface area contributed by atoms with Crippen LogP contribution < -0.4 is 5.32 Å². The predicted octanol–water partition coefficient (Wildman–Crippen LogP) is -0.316. The molecule has 1 aliphatic rings. The SMILES string of the molecule is COC(=O)[C@@H]1CC(C)C(=O)N1. The first-order chi connectivity index (χ1) is 5.15. The summed E-state index contributed by atoms with van der Waals surface area (Å²) in [6.45, 7) is 1.79. The van der Waals surface area contributed by atoms with E-state index in [1.54, 1.807) is 6.92 Å². The van der Waals surface area contributed by atoms with E-state index in [0.29, 0.717) is 6.42 Å². The molecule has 1 fully saturated rings. The van der Waals surface area contributed by atoms with E-state index < -0.39 is 6.04 Å². The number of esters is 1. The maximum absolute atomic E-state index is 10.9. The van der Waals surface area contributed by atoms with Gasteiger partial charge in [0.1, 0.15) is 6.04 Å². The van der Waals surface area contributed by atoms with Gasteiger partial charge < -0.3 is 10.1 Å². The molecule has 11 heavy (non-hydrogen) atoms. The molecule has 1 N–H and O–H groups in total. The fourth-order valence-corrected chi connectivity index (χ4v) is 1.13. The van der Waals surface area contributed by atoms with Crippen LogP contribution in [0.15, 0.2) is 0 Å². The van der Waals surface area contributed by atoms with Gasteiger partial charge in [-0.25, -0.2) is 4.79 Å². The monoisotopic (exact) mass is 157 g/mol. The third-order valence-electron chi connectivity index (χ3n) is 1.84. The molecule has 1 unspecified atom stereocenters. The maximum atomic E-state index is 10.9. The van der Waals surface area contributed by atoms with E-state index in [9.17, 15) is 9.59 Å². The Kier molecular flexibility index (Phi) is 2.12. The van der Waals surface area contributed by atoms with Gasteiger partial charge in [0.05, 0.1) is 7.11 Å². The molecule has 0 aromatic carbocycles. The van der Waals surface area contributed by atoms with Gasteiger partial charge in [-0.1, -0.05) is 6.92 Å². The first-order valence-corrected chi connectivity index (χ1v) is 3.53. The molecule has 0 radical (unpaired) electrons. The molecule has 0 spiro atoms. The number of nitrogens with one attached hydrogen (secondary N) is 1. The molecule has 1 amide bonds. The Morgan fingerprint density at radius 3 is 2.73 bits per heavy atom. The molecule has 1 saturated heterocycles. The Bertz CT molecular complexity index is 190. The summed E-state index contributed by atoms with van der Waals surface area (Å²) in [5.74, 6) is -0.498. The summed E-state index contributed by atoms with van der Waals surface area (Å²) in [5.41, 5.74) is 0. The zero-order valence-electron chi connectivity index (χ0n) is 6.59. The lowest BCUT2D eigenvalue weighted by molar-refractivity contribution is -0.143. The van der Waals surface area contributed by atoms with Crippen molar-refractivity contribution in [2.24, 2.45) is 5.92 Å². The number of carbonyl (C=O) groups is 2. The van der Waals surface area contributed by atoms with Crippen molar-refractivity contribution in [1.82, 2.24) is 5.32 Å². The number of amides is 1. The van der Waals surface area contributed by atoms with E-state index in [-0.39, 0.29) is 17.8 Å². The highest BCUT2D eigenvalue weighted by atomic mass is 16.5. The third-order valence-corrected chi connectivity index (χ3v) is 1.84. The van der Waals surface area contributed by atoms with Gasteiger partial charge in [-0.15, -0.1) is 0 Å². The molecule has 1 rings (SSSR count). The van der Waals surface area contributed by atoms with Gasteiger partial charge in [-0.05, 0) is 6.42 Å². The molecule has 0 aliphatic carbocycles. The molecule has 62 valence electrons. The Labute approximate surface area is 64.9 Å². The number of hydrogen-bond donors (Lipinski definition) is 1. The van der Waals surface area contributed by atoms with Gasteiger partial charge in [-0.3, -0.25) is 4.79 Å². The zero-order valence-corrected chi connectivity index (χ0v) is 6.59. The van der Waals surface area contributed by atoms with Gasteiger partial charge in [-0.2, -0.15) is 0 Å². The van der Waals surface area contributed by atoms with Crippen molar-refractivity contribution in [2.45, 2.75) is 19.4 Å². The van der Waals surface area contributed by atoms with Gasteiger partial charge in [0, 0.05) is 5.92 Å². The summed E-state index contributed by atoms with van der Waals surface area (Å²) < 4.78 is 4.48. The van der Waals surface area contributed by atoms with Crippen LogP contribution in [0.2, 0.25) is 0 Å². The molecule has 2 atom stereocenters. The summed E-state index contributed by atoms with van der Waals surface area (Å²) in [7, 11) is 1.32. The summed E-state index contributed by atoms with van der Waals surface area (Å²) in [5, 5.41) is 2.54. The van der Waals surface area contributed by atoms with Crippen LogP contribution in [0.25, 0.3) is 0 Å². The van der Waals surface area contributed by atoms with Crippen LogP contribution in [0.1, 0.15) is 13.3 Å². The van der Waals surface area contributed by atoms with E-state index in [1.807, 2.05) is 0 Å². The Hall–Kier alpha value is -1.06. The second-order valence-electron chi connectivity index (χ2n) is 2.72. The molecule has 1 heterocycles. The lowest BCUT2D eigenvalue weighted by Crippen LogP contribution is -2.33. The minimum absolute atomic E-state index is 0.0691. The number of rotatable bonds is 1. The van der Waals surface area contributed by atoms with Crippen LogP contribution >= 0.6 is 0 Å². The van der Waals surface area contributed by atoms with Gasteiger partial charge in [0.25, 0.3) is 0 Å². The molecule has 0 bridgehead atoms. The topological polar surface area (TPSA) is 55.4 Å². The highest BCUT2D eigenvalue weighted by molar-refractivity contribution is 5.89. The average Bonchev–Trinajstić information content (AvgIpc) is 2.31. The second-order valence-corrected chi connectivity index (χ2v) is 2.72. The molecule has 1 aliphatic heterocycles. The molecule has 0 saturated carbocycles. The van der Waals surface area contributed by atoms with Crippen LogP contribution in [0, 0.1) is 5.92 Å². The Balaban J connectivity index is 2.53. The Morgan fingerprint density at radius 1 is 1.73 bits per heavy atom. The lowest BCUT2D eigenvalue weighted by atomic mass is 10.1. The van der Waals surface area contributed by atoms with Gasteiger partial charge in [0.2, 0.25) is 5.91 Å². The van der Waals surface area contributed by atoms with Crippen molar-refractivity contribution >= 4 is 11.9 Å². The minimum Gasteiger partial charge on any atom is -0.467 e. The molecule has 0 aromatic rings. The van der Waals surface area contributed by atoms with E-state index in [2.05, 4.69) is 10.1 Å². The van der Waals surface area contributed by atoms with Crippen LogP contribution in [0.3, 0.4) is 0 Å². The smallest absolute Gasteiger partial charge is 0.328 e. The quantitative estimate of drug-likeness (QED) is 0.531. The molecular weight excluding hydrogens is 146 g/mol. The standard InChI is InChI=1S/C7H11NO3/c1-4-3-5(7(10)11-2)8-6(4)9/h4-5H,3H2,1-2H3,(H,8,9)/t4?,5-/m0/s1. The highest BCUT2D eigenvalue weighted by Gasteiger charge is 2.33. The first kappa shape index (κ1) is 8.04. The molecule has 4 heteroatoms. The summed E-state index contributed by atoms with van der Waals surface area (Å²) in [6.07, 6.45) is 0.547. The van der Waals surface area contributed by atoms with Gasteiger partial charge >= 0.3 is 5.97 Å². The third kappa shape index (κ3) is 1.50.